The molecule has 0 fully saturated rings. The molecule has 3 aromatic heterocycles. The van der Waals surface area contributed by atoms with Crippen molar-refractivity contribution in [2.24, 2.45) is 7.05 Å². The number of fused-ring (bicyclic) bond motifs is 1. The summed E-state index contributed by atoms with van der Waals surface area (Å²) >= 11 is 8.68. The third-order valence-corrected chi connectivity index (χ3v) is 5.49. The third kappa shape index (κ3) is 3.46. The molecule has 0 atom stereocenters. The highest BCUT2D eigenvalue weighted by Crippen LogP contribution is 2.30. The number of anilines is 1. The molecule has 4 rings (SSSR count). The van der Waals surface area contributed by atoms with E-state index >= 15 is 0 Å². The van der Waals surface area contributed by atoms with Gasteiger partial charge in [0.2, 0.25) is 5.91 Å². The van der Waals surface area contributed by atoms with Crippen molar-refractivity contribution >= 4 is 56.7 Å². The second-order valence-corrected chi connectivity index (χ2v) is 7.61. The molecule has 0 aliphatic carbocycles. The molecule has 26 heavy (non-hydrogen) atoms. The zero-order chi connectivity index (χ0) is 18.1. The van der Waals surface area contributed by atoms with Crippen molar-refractivity contribution in [3.05, 3.63) is 40.9 Å². The maximum Gasteiger partial charge on any atom is 0.236 e. The van der Waals surface area contributed by atoms with Gasteiger partial charge in [0.05, 0.1) is 5.75 Å². The van der Waals surface area contributed by atoms with E-state index in [2.05, 4.69) is 20.5 Å². The lowest BCUT2D eigenvalue weighted by molar-refractivity contribution is -0.113. The normalized spacial score (nSPS) is 11.2. The van der Waals surface area contributed by atoms with Gasteiger partial charge in [-0.1, -0.05) is 23.4 Å². The number of furan rings is 1. The Labute approximate surface area is 161 Å². The second-order valence-electron chi connectivity index (χ2n) is 5.33. The van der Waals surface area contributed by atoms with Crippen LogP contribution in [0.4, 0.5) is 5.13 Å². The maximum absolute atomic E-state index is 12.0. The molecule has 4 aromatic rings. The molecule has 0 radical (unpaired) electrons. The van der Waals surface area contributed by atoms with Gasteiger partial charge in [-0.05, 0) is 24.3 Å². The van der Waals surface area contributed by atoms with E-state index < -0.39 is 0 Å². The van der Waals surface area contributed by atoms with E-state index in [4.69, 9.17) is 16.0 Å². The quantitative estimate of drug-likeness (QED) is 0.504. The number of amides is 1. The van der Waals surface area contributed by atoms with Crippen LogP contribution in [-0.2, 0) is 11.8 Å². The molecular formula is C16H12ClN5O2S2. The number of rotatable bonds is 5. The Morgan fingerprint density at radius 2 is 2.27 bits per heavy atom. The first kappa shape index (κ1) is 17.1. The maximum atomic E-state index is 12.0. The molecule has 0 unspecified atom stereocenters. The fourth-order valence-electron chi connectivity index (χ4n) is 2.35. The first-order chi connectivity index (χ1) is 12.6. The number of nitrogens with zero attached hydrogens (tertiary/aromatic N) is 4. The number of thioether (sulfide) groups is 1. The molecule has 1 N–H and O–H groups in total. The number of benzene rings is 1. The van der Waals surface area contributed by atoms with E-state index in [1.165, 1.54) is 23.1 Å². The first-order valence-corrected chi connectivity index (χ1v) is 9.75. The average Bonchev–Trinajstić information content (AvgIpc) is 3.33. The Bertz CT molecular complexity index is 1070. The zero-order valence-corrected chi connectivity index (χ0v) is 15.9. The standard InChI is InChI=1S/C16H12ClN5O2S2/c1-22-14(12-7-9-6-10(17)2-3-11(9)24-12)20-21-16(22)26-8-13(23)19-15-18-4-5-25-15/h2-7H,8H2,1H3,(H,18,19,23). The zero-order valence-electron chi connectivity index (χ0n) is 13.5. The molecule has 0 saturated carbocycles. The van der Waals surface area contributed by atoms with Gasteiger partial charge in [0.1, 0.15) is 5.58 Å². The Kier molecular flexibility index (Phi) is 4.66. The third-order valence-electron chi connectivity index (χ3n) is 3.54. The molecule has 0 aliphatic heterocycles. The number of hydrogen-bond acceptors (Lipinski definition) is 7. The molecule has 132 valence electrons. The lowest BCUT2D eigenvalue weighted by Gasteiger charge is -2.02. The molecule has 0 saturated heterocycles. The minimum Gasteiger partial charge on any atom is -0.453 e. The smallest absolute Gasteiger partial charge is 0.236 e. The van der Waals surface area contributed by atoms with Crippen LogP contribution in [0.2, 0.25) is 5.02 Å². The summed E-state index contributed by atoms with van der Waals surface area (Å²) in [6.07, 6.45) is 1.64. The van der Waals surface area contributed by atoms with Crippen LogP contribution in [-0.4, -0.2) is 31.4 Å². The molecule has 10 heteroatoms. The van der Waals surface area contributed by atoms with Crippen molar-refractivity contribution in [3.8, 4) is 11.6 Å². The van der Waals surface area contributed by atoms with E-state index in [0.29, 0.717) is 26.9 Å². The van der Waals surface area contributed by atoms with Crippen molar-refractivity contribution in [1.29, 1.82) is 0 Å². The van der Waals surface area contributed by atoms with E-state index in [1.54, 1.807) is 22.2 Å². The summed E-state index contributed by atoms with van der Waals surface area (Å²) in [4.78, 5) is 16.0. The summed E-state index contributed by atoms with van der Waals surface area (Å²) in [6, 6.07) is 7.29. The van der Waals surface area contributed by atoms with Crippen LogP contribution in [0, 0.1) is 0 Å². The van der Waals surface area contributed by atoms with Crippen LogP contribution in [0.1, 0.15) is 0 Å². The van der Waals surface area contributed by atoms with Crippen molar-refractivity contribution in [2.75, 3.05) is 11.1 Å². The largest absolute Gasteiger partial charge is 0.453 e. The highest BCUT2D eigenvalue weighted by Gasteiger charge is 2.16. The van der Waals surface area contributed by atoms with Gasteiger partial charge < -0.3 is 14.3 Å². The van der Waals surface area contributed by atoms with Crippen molar-refractivity contribution in [2.45, 2.75) is 5.16 Å². The van der Waals surface area contributed by atoms with Crippen molar-refractivity contribution in [1.82, 2.24) is 19.7 Å². The fourth-order valence-corrected chi connectivity index (χ4v) is 3.79. The molecule has 3 heterocycles. The van der Waals surface area contributed by atoms with Gasteiger partial charge in [0, 0.05) is 29.0 Å². The van der Waals surface area contributed by atoms with Crippen LogP contribution in [0.5, 0.6) is 0 Å². The van der Waals surface area contributed by atoms with Gasteiger partial charge in [-0.25, -0.2) is 4.98 Å². The van der Waals surface area contributed by atoms with E-state index in [1.807, 2.05) is 25.2 Å². The topological polar surface area (TPSA) is 85.8 Å². The van der Waals surface area contributed by atoms with Crippen LogP contribution >= 0.6 is 34.7 Å². The highest BCUT2D eigenvalue weighted by atomic mass is 35.5. The Morgan fingerprint density at radius 3 is 3.08 bits per heavy atom. The molecule has 0 bridgehead atoms. The summed E-state index contributed by atoms with van der Waals surface area (Å²) in [5, 5.41) is 15.6. The Morgan fingerprint density at radius 1 is 1.38 bits per heavy atom. The summed E-state index contributed by atoms with van der Waals surface area (Å²) in [7, 11) is 1.83. The summed E-state index contributed by atoms with van der Waals surface area (Å²) in [5.41, 5.74) is 0.726. The van der Waals surface area contributed by atoms with Crippen LogP contribution in [0.25, 0.3) is 22.6 Å². The van der Waals surface area contributed by atoms with Crippen molar-refractivity contribution in [3.63, 3.8) is 0 Å². The first-order valence-electron chi connectivity index (χ1n) is 7.51. The van der Waals surface area contributed by atoms with Crippen molar-refractivity contribution < 1.29 is 9.21 Å². The number of carbonyl (C=O) groups excluding carboxylic acids is 1. The molecular weight excluding hydrogens is 394 g/mol. The van der Waals surface area contributed by atoms with Crippen LogP contribution in [0.3, 0.4) is 0 Å². The fraction of sp³-hybridized carbons (Fsp3) is 0.125. The lowest BCUT2D eigenvalue weighted by Crippen LogP contribution is -2.14. The van der Waals surface area contributed by atoms with Gasteiger partial charge in [0.25, 0.3) is 0 Å². The van der Waals surface area contributed by atoms with Gasteiger partial charge in [-0.2, -0.15) is 0 Å². The minimum atomic E-state index is -0.145. The Hall–Kier alpha value is -2.36. The Balaban J connectivity index is 1.49. The molecule has 0 aliphatic rings. The number of thiazole rings is 1. The second kappa shape index (κ2) is 7.10. The SMILES string of the molecule is Cn1c(SCC(=O)Nc2nccs2)nnc1-c1cc2cc(Cl)ccc2o1. The predicted octanol–water partition coefficient (Wildman–Crippen LogP) is 4.07. The minimum absolute atomic E-state index is 0.145. The van der Waals surface area contributed by atoms with Crippen LogP contribution in [0.15, 0.2) is 45.4 Å². The molecule has 1 aromatic carbocycles. The average molecular weight is 406 g/mol. The number of halogens is 1. The number of hydrogen-bond donors (Lipinski definition) is 1. The van der Waals surface area contributed by atoms with E-state index in [-0.39, 0.29) is 11.7 Å². The number of nitrogens with one attached hydrogen (secondary N) is 1. The predicted molar refractivity (Wildman–Crippen MR) is 103 cm³/mol. The summed E-state index contributed by atoms with van der Waals surface area (Å²) in [6.45, 7) is 0. The molecule has 1 amide bonds. The monoisotopic (exact) mass is 405 g/mol. The van der Waals surface area contributed by atoms with Gasteiger partial charge in [0.15, 0.2) is 21.9 Å². The highest BCUT2D eigenvalue weighted by molar-refractivity contribution is 7.99. The van der Waals surface area contributed by atoms with Crippen LogP contribution < -0.4 is 5.32 Å². The van der Waals surface area contributed by atoms with Gasteiger partial charge in [-0.3, -0.25) is 4.79 Å². The molecule has 0 spiro atoms. The van der Waals surface area contributed by atoms with E-state index in [9.17, 15) is 4.79 Å². The number of carbonyl (C=O) groups is 1. The lowest BCUT2D eigenvalue weighted by atomic mass is 10.2. The summed E-state index contributed by atoms with van der Waals surface area (Å²) in [5.74, 6) is 1.24. The van der Waals surface area contributed by atoms with Gasteiger partial charge in [-0.15, -0.1) is 21.5 Å². The van der Waals surface area contributed by atoms with E-state index in [0.717, 1.165) is 11.0 Å². The van der Waals surface area contributed by atoms with Gasteiger partial charge >= 0.3 is 0 Å². The number of aromatic nitrogens is 4. The molecule has 7 nitrogen and oxygen atoms in total. The summed E-state index contributed by atoms with van der Waals surface area (Å²) < 4.78 is 7.61.